The van der Waals surface area contributed by atoms with Gasteiger partial charge in [0.2, 0.25) is 0 Å². The maximum absolute atomic E-state index is 12.3. The van der Waals surface area contributed by atoms with E-state index in [0.29, 0.717) is 25.8 Å². The smallest absolute Gasteiger partial charge is 0.271 e. The molecule has 1 heterocycles. The number of anilines is 1. The molecule has 1 amide bonds. The number of nitrogens with one attached hydrogen (secondary N) is 1. The van der Waals surface area contributed by atoms with Crippen LogP contribution in [0.2, 0.25) is 0 Å². The highest BCUT2D eigenvalue weighted by Crippen LogP contribution is 2.36. The molecule has 2 N–H and O–H groups in total. The van der Waals surface area contributed by atoms with E-state index in [9.17, 15) is 9.90 Å². The largest absolute Gasteiger partial charge is 0.506 e. The lowest BCUT2D eigenvalue weighted by Crippen LogP contribution is -2.19. The number of phenolic OH excluding ortho intramolecular Hbond substituents is 1. The molecule has 0 aliphatic carbocycles. The highest BCUT2D eigenvalue weighted by Gasteiger charge is 2.19. The molecule has 154 valence electrons. The molecule has 0 atom stereocenters. The number of halogens is 2. The van der Waals surface area contributed by atoms with Crippen molar-refractivity contribution in [1.82, 2.24) is 5.43 Å². The first-order chi connectivity index (χ1) is 13.9. The van der Waals surface area contributed by atoms with E-state index in [0.717, 1.165) is 37.4 Å². The van der Waals surface area contributed by atoms with Gasteiger partial charge in [0.25, 0.3) is 5.91 Å². The van der Waals surface area contributed by atoms with E-state index in [1.54, 1.807) is 14.2 Å². The minimum absolute atomic E-state index is 0.0278. The second kappa shape index (κ2) is 9.49. The van der Waals surface area contributed by atoms with Crippen LogP contribution in [-0.2, 0) is 0 Å². The Balaban J connectivity index is 1.80. The molecule has 9 heteroatoms. The van der Waals surface area contributed by atoms with Crippen molar-refractivity contribution >= 4 is 49.7 Å². The van der Waals surface area contributed by atoms with Gasteiger partial charge >= 0.3 is 0 Å². The lowest BCUT2D eigenvalue weighted by molar-refractivity contribution is 0.0955. The summed E-state index contributed by atoms with van der Waals surface area (Å²) >= 11 is 6.41. The van der Waals surface area contributed by atoms with Crippen LogP contribution in [-0.4, -0.2) is 44.5 Å². The van der Waals surface area contributed by atoms with E-state index in [2.05, 4.69) is 47.3 Å². The van der Waals surface area contributed by atoms with Gasteiger partial charge in [0.05, 0.1) is 35.1 Å². The summed E-state index contributed by atoms with van der Waals surface area (Å²) < 4.78 is 11.9. The number of hydrogen-bond acceptors (Lipinski definition) is 6. The van der Waals surface area contributed by atoms with Gasteiger partial charge < -0.3 is 19.5 Å². The molecule has 1 aliphatic heterocycles. The van der Waals surface area contributed by atoms with Crippen LogP contribution < -0.4 is 19.8 Å². The average Bonchev–Trinajstić information content (AvgIpc) is 3.25. The summed E-state index contributed by atoms with van der Waals surface area (Å²) in [7, 11) is 3.22. The summed E-state index contributed by atoms with van der Waals surface area (Å²) in [5, 5.41) is 13.8. The molecule has 0 aromatic heterocycles. The first kappa shape index (κ1) is 21.4. The number of phenols is 1. The maximum Gasteiger partial charge on any atom is 0.271 e. The summed E-state index contributed by atoms with van der Waals surface area (Å²) in [6.45, 7) is 1.97. The molecule has 0 bridgehead atoms. The van der Waals surface area contributed by atoms with Gasteiger partial charge in [-0.1, -0.05) is 0 Å². The molecular formula is C20H21Br2N3O4. The predicted molar refractivity (Wildman–Crippen MR) is 120 cm³/mol. The number of methoxy groups -OCH3 is 2. The van der Waals surface area contributed by atoms with Crippen molar-refractivity contribution in [3.63, 3.8) is 0 Å². The number of rotatable bonds is 6. The van der Waals surface area contributed by atoms with Crippen molar-refractivity contribution in [2.75, 3.05) is 32.2 Å². The SMILES string of the molecule is COc1cc(N2CCCC2)c(OC)cc1/C=N\NC(=O)c1cc(Br)c(O)c(Br)c1. The van der Waals surface area contributed by atoms with Crippen LogP contribution >= 0.6 is 31.9 Å². The van der Waals surface area contributed by atoms with Crippen molar-refractivity contribution in [3.05, 3.63) is 44.3 Å². The Morgan fingerprint density at radius 3 is 2.31 bits per heavy atom. The molecule has 29 heavy (non-hydrogen) atoms. The van der Waals surface area contributed by atoms with Gasteiger partial charge in [-0.2, -0.15) is 5.10 Å². The molecule has 0 radical (unpaired) electrons. The van der Waals surface area contributed by atoms with Gasteiger partial charge in [0.15, 0.2) is 0 Å². The van der Waals surface area contributed by atoms with Crippen LogP contribution in [0.1, 0.15) is 28.8 Å². The second-order valence-corrected chi connectivity index (χ2v) is 8.16. The molecule has 1 fully saturated rings. The number of aromatic hydroxyl groups is 1. The Morgan fingerprint density at radius 1 is 1.10 bits per heavy atom. The average molecular weight is 527 g/mol. The number of carbonyl (C=O) groups excluding carboxylic acids is 1. The predicted octanol–water partition coefficient (Wildman–Crippen LogP) is 4.30. The number of benzene rings is 2. The van der Waals surface area contributed by atoms with E-state index < -0.39 is 5.91 Å². The Morgan fingerprint density at radius 2 is 1.72 bits per heavy atom. The van der Waals surface area contributed by atoms with Crippen molar-refractivity contribution in [3.8, 4) is 17.2 Å². The lowest BCUT2D eigenvalue weighted by atomic mass is 10.1. The van der Waals surface area contributed by atoms with Crippen LogP contribution in [0, 0.1) is 0 Å². The standard InChI is InChI=1S/C20H21Br2N3O4/c1-28-17-10-16(25-5-3-4-6-25)18(29-2)9-13(17)11-23-24-20(27)12-7-14(21)19(26)15(22)8-12/h7-11,26H,3-6H2,1-2H3,(H,24,27)/b23-11-. The summed E-state index contributed by atoms with van der Waals surface area (Å²) in [6.07, 6.45) is 3.83. The molecule has 0 saturated carbocycles. The van der Waals surface area contributed by atoms with Gasteiger partial charge in [0, 0.05) is 30.3 Å². The zero-order valence-corrected chi connectivity index (χ0v) is 19.2. The summed E-state index contributed by atoms with van der Waals surface area (Å²) in [5.41, 5.74) is 4.49. The number of amides is 1. The molecular weight excluding hydrogens is 506 g/mol. The van der Waals surface area contributed by atoms with Crippen LogP contribution in [0.15, 0.2) is 38.3 Å². The number of ether oxygens (including phenoxy) is 2. The van der Waals surface area contributed by atoms with Crippen molar-refractivity contribution in [1.29, 1.82) is 0 Å². The summed E-state index contributed by atoms with van der Waals surface area (Å²) in [6, 6.07) is 6.80. The van der Waals surface area contributed by atoms with Crippen molar-refractivity contribution < 1.29 is 19.4 Å². The monoisotopic (exact) mass is 525 g/mol. The molecule has 7 nitrogen and oxygen atoms in total. The second-order valence-electron chi connectivity index (χ2n) is 6.45. The summed E-state index contributed by atoms with van der Waals surface area (Å²) in [5.74, 6) is 0.981. The van der Waals surface area contributed by atoms with Crippen LogP contribution in [0.3, 0.4) is 0 Å². The van der Waals surface area contributed by atoms with E-state index in [-0.39, 0.29) is 5.75 Å². The minimum Gasteiger partial charge on any atom is -0.506 e. The van der Waals surface area contributed by atoms with Gasteiger partial charge in [-0.05, 0) is 62.9 Å². The number of nitrogens with zero attached hydrogens (tertiary/aromatic N) is 2. The van der Waals surface area contributed by atoms with Crippen molar-refractivity contribution in [2.45, 2.75) is 12.8 Å². The van der Waals surface area contributed by atoms with Crippen LogP contribution in [0.25, 0.3) is 0 Å². The Bertz CT molecular complexity index is 921. The minimum atomic E-state index is -0.415. The number of hydrogen-bond donors (Lipinski definition) is 2. The highest BCUT2D eigenvalue weighted by atomic mass is 79.9. The molecule has 3 rings (SSSR count). The van der Waals surface area contributed by atoms with E-state index >= 15 is 0 Å². The highest BCUT2D eigenvalue weighted by molar-refractivity contribution is 9.11. The van der Waals surface area contributed by atoms with E-state index in [1.807, 2.05) is 12.1 Å². The molecule has 0 spiro atoms. The maximum atomic E-state index is 12.3. The molecule has 1 aliphatic rings. The first-order valence-electron chi connectivity index (χ1n) is 8.97. The van der Waals surface area contributed by atoms with Crippen molar-refractivity contribution in [2.24, 2.45) is 5.10 Å². The Hall–Kier alpha value is -2.26. The fourth-order valence-electron chi connectivity index (χ4n) is 3.13. The topological polar surface area (TPSA) is 83.4 Å². The third-order valence-electron chi connectivity index (χ3n) is 4.63. The lowest BCUT2D eigenvalue weighted by Gasteiger charge is -2.22. The molecule has 0 unspecified atom stereocenters. The third kappa shape index (κ3) is 4.84. The zero-order chi connectivity index (χ0) is 21.0. The Labute approximate surface area is 185 Å². The third-order valence-corrected chi connectivity index (χ3v) is 5.84. The van der Waals surface area contributed by atoms with Gasteiger partial charge in [-0.25, -0.2) is 5.43 Å². The normalized spacial score (nSPS) is 13.7. The van der Waals surface area contributed by atoms with E-state index in [1.165, 1.54) is 18.3 Å². The van der Waals surface area contributed by atoms with Gasteiger partial charge in [0.1, 0.15) is 17.2 Å². The molecule has 2 aromatic carbocycles. The van der Waals surface area contributed by atoms with Crippen LogP contribution in [0.5, 0.6) is 17.2 Å². The van der Waals surface area contributed by atoms with E-state index in [4.69, 9.17) is 9.47 Å². The fourth-order valence-corrected chi connectivity index (χ4v) is 4.32. The Kier molecular flexibility index (Phi) is 7.02. The number of carbonyl (C=O) groups is 1. The zero-order valence-electron chi connectivity index (χ0n) is 16.0. The summed E-state index contributed by atoms with van der Waals surface area (Å²) in [4.78, 5) is 14.6. The first-order valence-corrected chi connectivity index (χ1v) is 10.6. The molecule has 1 saturated heterocycles. The van der Waals surface area contributed by atoms with Gasteiger partial charge in [-0.3, -0.25) is 4.79 Å². The fraction of sp³-hybridized carbons (Fsp3) is 0.300. The number of hydrazone groups is 1. The van der Waals surface area contributed by atoms with Crippen LogP contribution in [0.4, 0.5) is 5.69 Å². The molecule has 2 aromatic rings. The quantitative estimate of drug-likeness (QED) is 0.433. The van der Waals surface area contributed by atoms with Gasteiger partial charge in [-0.15, -0.1) is 0 Å².